The summed E-state index contributed by atoms with van der Waals surface area (Å²) in [5.74, 6) is -0.147. The molecule has 0 N–H and O–H groups in total. The Morgan fingerprint density at radius 1 is 1.17 bits per heavy atom. The second-order valence-corrected chi connectivity index (χ2v) is 7.56. The smallest absolute Gasteiger partial charge is 0.237 e. The molecular weight excluding hydrogens is 393 g/mol. The minimum Gasteiger partial charge on any atom is -0.494 e. The first-order valence-electron chi connectivity index (χ1n) is 9.83. The Morgan fingerprint density at radius 3 is 2.55 bits per heavy atom. The number of nitrogens with zero attached hydrogens (tertiary/aromatic N) is 3. The summed E-state index contributed by atoms with van der Waals surface area (Å²) < 4.78 is 18.9. The van der Waals surface area contributed by atoms with Gasteiger partial charge in [-0.25, -0.2) is 4.39 Å². The van der Waals surface area contributed by atoms with Gasteiger partial charge in [-0.1, -0.05) is 23.7 Å². The Morgan fingerprint density at radius 2 is 1.93 bits per heavy atom. The van der Waals surface area contributed by atoms with Crippen LogP contribution in [-0.2, 0) is 11.3 Å². The fraction of sp³-hybridized carbons (Fsp3) is 0.409. The number of piperazine rings is 1. The molecule has 29 heavy (non-hydrogen) atoms. The fourth-order valence-electron chi connectivity index (χ4n) is 3.53. The lowest BCUT2D eigenvalue weighted by Crippen LogP contribution is -2.50. The molecule has 0 radical (unpaired) electrons. The molecular formula is C22H27ClFN3O2. The minimum atomic E-state index is -0.411. The van der Waals surface area contributed by atoms with Gasteiger partial charge in [-0.3, -0.25) is 9.69 Å². The number of benzene rings is 2. The Hall–Kier alpha value is -2.31. The maximum Gasteiger partial charge on any atom is 0.237 e. The van der Waals surface area contributed by atoms with Gasteiger partial charge in [-0.05, 0) is 42.8 Å². The van der Waals surface area contributed by atoms with E-state index < -0.39 is 5.82 Å². The van der Waals surface area contributed by atoms with Crippen LogP contribution >= 0.6 is 11.6 Å². The zero-order chi connectivity index (χ0) is 20.8. The molecule has 0 unspecified atom stereocenters. The van der Waals surface area contributed by atoms with E-state index in [9.17, 15) is 9.18 Å². The van der Waals surface area contributed by atoms with Crippen LogP contribution in [0.15, 0.2) is 42.5 Å². The normalized spacial score (nSPS) is 14.7. The van der Waals surface area contributed by atoms with Crippen LogP contribution < -0.4 is 9.64 Å². The predicted octanol–water partition coefficient (Wildman–Crippen LogP) is 3.66. The summed E-state index contributed by atoms with van der Waals surface area (Å²) in [4.78, 5) is 19.0. The van der Waals surface area contributed by atoms with E-state index in [4.69, 9.17) is 16.3 Å². The first kappa shape index (κ1) is 21.4. The van der Waals surface area contributed by atoms with Crippen molar-refractivity contribution in [1.29, 1.82) is 0 Å². The minimum absolute atomic E-state index is 0.0555. The SMILES string of the molecule is CCN(Cc1ccc(OC)c(F)c1)C(=O)CN1CCN(c2cccc(Cl)c2)CC1. The van der Waals surface area contributed by atoms with Crippen LogP contribution in [0.25, 0.3) is 0 Å². The standard InChI is InChI=1S/C22H27ClFN3O2/c1-3-26(15-17-7-8-21(29-2)20(24)13-17)22(28)16-25-9-11-27(12-10-25)19-6-4-5-18(23)14-19/h4-8,13-14H,3,9-12,15-16H2,1-2H3. The predicted molar refractivity (Wildman–Crippen MR) is 114 cm³/mol. The highest BCUT2D eigenvalue weighted by atomic mass is 35.5. The van der Waals surface area contributed by atoms with Crippen molar-refractivity contribution in [3.05, 3.63) is 58.9 Å². The second-order valence-electron chi connectivity index (χ2n) is 7.12. The highest BCUT2D eigenvalue weighted by molar-refractivity contribution is 6.30. The van der Waals surface area contributed by atoms with E-state index in [2.05, 4.69) is 15.9 Å². The number of anilines is 1. The summed E-state index contributed by atoms with van der Waals surface area (Å²) in [5.41, 5.74) is 1.87. The van der Waals surface area contributed by atoms with Gasteiger partial charge in [0.25, 0.3) is 0 Å². The summed E-state index contributed by atoms with van der Waals surface area (Å²) in [7, 11) is 1.44. The number of halogens is 2. The van der Waals surface area contributed by atoms with Crippen LogP contribution in [0.2, 0.25) is 5.02 Å². The van der Waals surface area contributed by atoms with Crippen molar-refractivity contribution in [2.45, 2.75) is 13.5 Å². The largest absolute Gasteiger partial charge is 0.494 e. The van der Waals surface area contributed by atoms with Gasteiger partial charge < -0.3 is 14.5 Å². The van der Waals surface area contributed by atoms with E-state index in [0.29, 0.717) is 19.6 Å². The van der Waals surface area contributed by atoms with Crippen LogP contribution in [0.1, 0.15) is 12.5 Å². The molecule has 1 fully saturated rings. The molecule has 0 spiro atoms. The molecule has 0 saturated carbocycles. The molecule has 1 aliphatic heterocycles. The van der Waals surface area contributed by atoms with Crippen molar-refractivity contribution in [3.63, 3.8) is 0 Å². The first-order chi connectivity index (χ1) is 14.0. The van der Waals surface area contributed by atoms with Crippen LogP contribution in [0.5, 0.6) is 5.75 Å². The van der Waals surface area contributed by atoms with Crippen molar-refractivity contribution in [2.24, 2.45) is 0 Å². The lowest BCUT2D eigenvalue weighted by atomic mass is 10.2. The summed E-state index contributed by atoms with van der Waals surface area (Å²) in [6.07, 6.45) is 0. The Labute approximate surface area is 176 Å². The van der Waals surface area contributed by atoms with Gasteiger partial charge in [0, 0.05) is 50.0 Å². The third kappa shape index (κ3) is 5.61. The molecule has 0 aliphatic carbocycles. The number of ether oxygens (including phenoxy) is 1. The number of likely N-dealkylation sites (N-methyl/N-ethyl adjacent to an activating group) is 1. The molecule has 1 heterocycles. The molecule has 0 bridgehead atoms. The molecule has 1 aliphatic rings. The quantitative estimate of drug-likeness (QED) is 0.686. The third-order valence-electron chi connectivity index (χ3n) is 5.23. The molecule has 7 heteroatoms. The van der Waals surface area contributed by atoms with E-state index in [0.717, 1.165) is 42.5 Å². The average Bonchev–Trinajstić information content (AvgIpc) is 2.72. The van der Waals surface area contributed by atoms with Gasteiger partial charge in [0.1, 0.15) is 0 Å². The summed E-state index contributed by atoms with van der Waals surface area (Å²) in [6, 6.07) is 12.7. The third-order valence-corrected chi connectivity index (χ3v) is 5.46. The van der Waals surface area contributed by atoms with Crippen molar-refractivity contribution in [1.82, 2.24) is 9.80 Å². The molecule has 0 atom stereocenters. The zero-order valence-corrected chi connectivity index (χ0v) is 17.7. The Bertz CT molecular complexity index is 841. The van der Waals surface area contributed by atoms with Gasteiger partial charge >= 0.3 is 0 Å². The van der Waals surface area contributed by atoms with E-state index in [1.807, 2.05) is 25.1 Å². The molecule has 1 amide bonds. The van der Waals surface area contributed by atoms with E-state index in [1.165, 1.54) is 13.2 Å². The lowest BCUT2D eigenvalue weighted by Gasteiger charge is -2.36. The molecule has 5 nitrogen and oxygen atoms in total. The molecule has 2 aromatic rings. The first-order valence-corrected chi connectivity index (χ1v) is 10.2. The maximum atomic E-state index is 13.9. The summed E-state index contributed by atoms with van der Waals surface area (Å²) >= 11 is 6.09. The van der Waals surface area contributed by atoms with E-state index in [-0.39, 0.29) is 11.7 Å². The lowest BCUT2D eigenvalue weighted by molar-refractivity contribution is -0.132. The van der Waals surface area contributed by atoms with Gasteiger partial charge in [-0.15, -0.1) is 0 Å². The van der Waals surface area contributed by atoms with Crippen molar-refractivity contribution in [3.8, 4) is 5.75 Å². The van der Waals surface area contributed by atoms with Crippen molar-refractivity contribution >= 4 is 23.2 Å². The number of amides is 1. The maximum absolute atomic E-state index is 13.9. The second kappa shape index (κ2) is 9.94. The molecule has 156 valence electrons. The van der Waals surface area contributed by atoms with Gasteiger partial charge in [0.2, 0.25) is 5.91 Å². The number of rotatable bonds is 7. The molecule has 0 aromatic heterocycles. The van der Waals surface area contributed by atoms with Gasteiger partial charge in [0.05, 0.1) is 13.7 Å². The topological polar surface area (TPSA) is 36.0 Å². The zero-order valence-electron chi connectivity index (χ0n) is 16.9. The van der Waals surface area contributed by atoms with Crippen LogP contribution in [-0.4, -0.2) is 62.1 Å². The number of carbonyl (C=O) groups excluding carboxylic acids is 1. The number of hydrogen-bond acceptors (Lipinski definition) is 4. The van der Waals surface area contributed by atoms with Gasteiger partial charge in [0.15, 0.2) is 11.6 Å². The molecule has 3 rings (SSSR count). The van der Waals surface area contributed by atoms with Crippen molar-refractivity contribution in [2.75, 3.05) is 51.3 Å². The average molecular weight is 420 g/mol. The number of methoxy groups -OCH3 is 1. The fourth-order valence-corrected chi connectivity index (χ4v) is 3.72. The monoisotopic (exact) mass is 419 g/mol. The van der Waals surface area contributed by atoms with Crippen LogP contribution in [0.4, 0.5) is 10.1 Å². The Kier molecular flexibility index (Phi) is 7.34. The Balaban J connectivity index is 1.53. The van der Waals surface area contributed by atoms with Crippen molar-refractivity contribution < 1.29 is 13.9 Å². The highest BCUT2D eigenvalue weighted by Crippen LogP contribution is 2.21. The van der Waals surface area contributed by atoms with E-state index in [1.54, 1.807) is 17.0 Å². The molecule has 2 aromatic carbocycles. The number of carbonyl (C=O) groups is 1. The highest BCUT2D eigenvalue weighted by Gasteiger charge is 2.22. The molecule has 1 saturated heterocycles. The van der Waals surface area contributed by atoms with Crippen LogP contribution in [0, 0.1) is 5.82 Å². The van der Waals surface area contributed by atoms with E-state index >= 15 is 0 Å². The van der Waals surface area contributed by atoms with Gasteiger partial charge in [-0.2, -0.15) is 0 Å². The summed E-state index contributed by atoms with van der Waals surface area (Å²) in [6.45, 7) is 6.60. The van der Waals surface area contributed by atoms with Crippen LogP contribution in [0.3, 0.4) is 0 Å². The number of hydrogen-bond donors (Lipinski definition) is 0. The summed E-state index contributed by atoms with van der Waals surface area (Å²) in [5, 5.41) is 0.730.